The zero-order chi connectivity index (χ0) is 10.2. The number of carbonyl (C=O) groups excluding carboxylic acids is 2. The highest BCUT2D eigenvalue weighted by molar-refractivity contribution is 5.92. The number of piperazine rings is 1. The number of nitrogens with zero attached hydrogens (tertiary/aromatic N) is 1. The molecule has 1 saturated carbocycles. The van der Waals surface area contributed by atoms with E-state index in [2.05, 4.69) is 12.2 Å². The molecule has 0 unspecified atom stereocenters. The summed E-state index contributed by atoms with van der Waals surface area (Å²) in [6, 6.07) is 0. The van der Waals surface area contributed by atoms with Gasteiger partial charge in [0.1, 0.15) is 0 Å². The Morgan fingerprint density at radius 2 is 2.14 bits per heavy atom. The first-order valence-corrected chi connectivity index (χ1v) is 5.14. The second-order valence-corrected chi connectivity index (χ2v) is 4.69. The first kappa shape index (κ1) is 9.49. The van der Waals surface area contributed by atoms with Crippen molar-refractivity contribution in [2.24, 2.45) is 5.41 Å². The highest BCUT2D eigenvalue weighted by atomic mass is 16.2. The maximum Gasteiger partial charge on any atom is 0.242 e. The van der Waals surface area contributed by atoms with Crippen molar-refractivity contribution in [3.05, 3.63) is 0 Å². The van der Waals surface area contributed by atoms with E-state index in [0.717, 1.165) is 6.54 Å². The van der Waals surface area contributed by atoms with Crippen LogP contribution in [0.25, 0.3) is 0 Å². The van der Waals surface area contributed by atoms with E-state index < -0.39 is 0 Å². The molecular formula is C10H16N2O2. The lowest BCUT2D eigenvalue weighted by Crippen LogP contribution is -2.55. The molecule has 2 aliphatic rings. The van der Waals surface area contributed by atoms with Gasteiger partial charge in [-0.05, 0) is 18.3 Å². The molecule has 0 atom stereocenters. The standard InChI is InChI=1S/C10H16N2O2/c1-10(3-2-4-10)7-12-6-8(13)11-5-9(12)14/h2-7H2,1H3,(H,11,13). The Hall–Kier alpha value is -1.06. The second kappa shape index (κ2) is 3.26. The van der Waals surface area contributed by atoms with E-state index in [4.69, 9.17) is 0 Å². The monoisotopic (exact) mass is 196 g/mol. The van der Waals surface area contributed by atoms with Crippen LogP contribution >= 0.6 is 0 Å². The summed E-state index contributed by atoms with van der Waals surface area (Å²) in [4.78, 5) is 24.3. The molecular weight excluding hydrogens is 180 g/mol. The first-order valence-electron chi connectivity index (χ1n) is 5.14. The number of carbonyl (C=O) groups is 2. The summed E-state index contributed by atoms with van der Waals surface area (Å²) in [5.41, 5.74) is 0.271. The van der Waals surface area contributed by atoms with Crippen LogP contribution in [0.3, 0.4) is 0 Å². The van der Waals surface area contributed by atoms with Gasteiger partial charge in [0, 0.05) is 6.54 Å². The maximum absolute atomic E-state index is 11.5. The minimum absolute atomic E-state index is 0.0347. The number of amides is 2. The Kier molecular flexibility index (Phi) is 2.21. The van der Waals surface area contributed by atoms with Crippen LogP contribution in [-0.2, 0) is 9.59 Å². The van der Waals surface area contributed by atoms with Crippen molar-refractivity contribution in [3.63, 3.8) is 0 Å². The molecule has 0 aromatic rings. The van der Waals surface area contributed by atoms with E-state index in [1.54, 1.807) is 4.90 Å². The van der Waals surface area contributed by atoms with E-state index in [0.29, 0.717) is 0 Å². The topological polar surface area (TPSA) is 49.4 Å². The minimum Gasteiger partial charge on any atom is -0.345 e. The van der Waals surface area contributed by atoms with Crippen LogP contribution in [0, 0.1) is 5.41 Å². The Morgan fingerprint density at radius 3 is 2.71 bits per heavy atom. The lowest BCUT2D eigenvalue weighted by molar-refractivity contribution is -0.142. The summed E-state index contributed by atoms with van der Waals surface area (Å²) in [6.07, 6.45) is 3.61. The van der Waals surface area contributed by atoms with E-state index in [-0.39, 0.29) is 30.3 Å². The van der Waals surface area contributed by atoms with Gasteiger partial charge in [-0.1, -0.05) is 13.3 Å². The second-order valence-electron chi connectivity index (χ2n) is 4.69. The molecule has 0 radical (unpaired) electrons. The summed E-state index contributed by atoms with van der Waals surface area (Å²) >= 11 is 0. The first-order chi connectivity index (χ1) is 6.59. The van der Waals surface area contributed by atoms with Gasteiger partial charge in [0.15, 0.2) is 0 Å². The van der Waals surface area contributed by atoms with Crippen molar-refractivity contribution < 1.29 is 9.59 Å². The molecule has 1 heterocycles. The van der Waals surface area contributed by atoms with Crippen LogP contribution in [0.5, 0.6) is 0 Å². The molecule has 0 aromatic carbocycles. The summed E-state index contributed by atoms with van der Waals surface area (Å²) in [5.74, 6) is 0.0187. The largest absolute Gasteiger partial charge is 0.345 e. The quantitative estimate of drug-likeness (QED) is 0.682. The van der Waals surface area contributed by atoms with Crippen molar-refractivity contribution in [2.75, 3.05) is 19.6 Å². The number of nitrogens with one attached hydrogen (secondary N) is 1. The third kappa shape index (κ3) is 1.74. The van der Waals surface area contributed by atoms with Crippen molar-refractivity contribution in [2.45, 2.75) is 26.2 Å². The summed E-state index contributed by atoms with van der Waals surface area (Å²) in [5, 5.41) is 2.55. The van der Waals surface area contributed by atoms with Crippen LogP contribution in [0.4, 0.5) is 0 Å². The molecule has 1 saturated heterocycles. The fraction of sp³-hybridized carbons (Fsp3) is 0.800. The molecule has 1 aliphatic carbocycles. The van der Waals surface area contributed by atoms with Crippen LogP contribution in [0.2, 0.25) is 0 Å². The van der Waals surface area contributed by atoms with Crippen molar-refractivity contribution >= 4 is 11.8 Å². The molecule has 14 heavy (non-hydrogen) atoms. The molecule has 0 bridgehead atoms. The lowest BCUT2D eigenvalue weighted by Gasteiger charge is -2.43. The van der Waals surface area contributed by atoms with Gasteiger partial charge in [-0.3, -0.25) is 9.59 Å². The molecule has 1 N–H and O–H groups in total. The highest BCUT2D eigenvalue weighted by Crippen LogP contribution is 2.40. The van der Waals surface area contributed by atoms with Gasteiger partial charge in [-0.2, -0.15) is 0 Å². The molecule has 0 spiro atoms. The predicted octanol–water partition coefficient (Wildman–Crippen LogP) is 0.135. The van der Waals surface area contributed by atoms with E-state index >= 15 is 0 Å². The van der Waals surface area contributed by atoms with Crippen molar-refractivity contribution in [1.82, 2.24) is 10.2 Å². The number of hydrogen-bond donors (Lipinski definition) is 1. The van der Waals surface area contributed by atoms with Crippen LogP contribution in [-0.4, -0.2) is 36.3 Å². The third-order valence-electron chi connectivity index (χ3n) is 3.26. The van der Waals surface area contributed by atoms with Gasteiger partial charge in [-0.15, -0.1) is 0 Å². The van der Waals surface area contributed by atoms with Crippen LogP contribution in [0.15, 0.2) is 0 Å². The fourth-order valence-corrected chi connectivity index (χ4v) is 2.15. The van der Waals surface area contributed by atoms with Crippen LogP contribution in [0.1, 0.15) is 26.2 Å². The van der Waals surface area contributed by atoms with Gasteiger partial charge in [0.25, 0.3) is 0 Å². The lowest BCUT2D eigenvalue weighted by atomic mass is 9.70. The smallest absolute Gasteiger partial charge is 0.242 e. The van der Waals surface area contributed by atoms with E-state index in [9.17, 15) is 9.59 Å². The molecule has 1 aliphatic heterocycles. The third-order valence-corrected chi connectivity index (χ3v) is 3.26. The zero-order valence-corrected chi connectivity index (χ0v) is 8.51. The summed E-state index contributed by atoms with van der Waals surface area (Å²) in [6.45, 7) is 3.36. The number of rotatable bonds is 2. The normalized spacial score (nSPS) is 25.6. The Labute approximate surface area is 83.6 Å². The van der Waals surface area contributed by atoms with Crippen LogP contribution < -0.4 is 5.32 Å². The molecule has 2 amide bonds. The Balaban J connectivity index is 1.95. The minimum atomic E-state index is -0.0347. The molecule has 2 rings (SSSR count). The molecule has 0 aromatic heterocycles. The molecule has 4 nitrogen and oxygen atoms in total. The van der Waals surface area contributed by atoms with Gasteiger partial charge in [0.2, 0.25) is 11.8 Å². The molecule has 78 valence electrons. The average Bonchev–Trinajstić information content (AvgIpc) is 2.09. The summed E-state index contributed by atoms with van der Waals surface area (Å²) < 4.78 is 0. The molecule has 4 heteroatoms. The van der Waals surface area contributed by atoms with E-state index in [1.807, 2.05) is 0 Å². The summed E-state index contributed by atoms with van der Waals surface area (Å²) in [7, 11) is 0. The average molecular weight is 196 g/mol. The van der Waals surface area contributed by atoms with Gasteiger partial charge in [0.05, 0.1) is 13.1 Å². The fourth-order valence-electron chi connectivity index (χ4n) is 2.15. The Morgan fingerprint density at radius 1 is 1.43 bits per heavy atom. The van der Waals surface area contributed by atoms with Crippen molar-refractivity contribution in [1.29, 1.82) is 0 Å². The van der Waals surface area contributed by atoms with Gasteiger partial charge < -0.3 is 10.2 Å². The number of hydrogen-bond acceptors (Lipinski definition) is 2. The maximum atomic E-state index is 11.5. The van der Waals surface area contributed by atoms with Gasteiger partial charge in [-0.25, -0.2) is 0 Å². The SMILES string of the molecule is CC1(CN2CC(=O)NCC2=O)CCC1. The Bertz CT molecular complexity index is 271. The van der Waals surface area contributed by atoms with Crippen molar-refractivity contribution in [3.8, 4) is 0 Å². The predicted molar refractivity (Wildman–Crippen MR) is 51.5 cm³/mol. The molecule has 2 fully saturated rings. The zero-order valence-electron chi connectivity index (χ0n) is 8.51. The van der Waals surface area contributed by atoms with Gasteiger partial charge >= 0.3 is 0 Å². The highest BCUT2D eigenvalue weighted by Gasteiger charge is 2.36. The van der Waals surface area contributed by atoms with E-state index in [1.165, 1.54) is 19.3 Å².